The lowest BCUT2D eigenvalue weighted by molar-refractivity contribution is -0.131. The predicted octanol–water partition coefficient (Wildman–Crippen LogP) is 3.44. The Kier molecular flexibility index (Phi) is 5.54. The van der Waals surface area contributed by atoms with Crippen LogP contribution in [0.25, 0.3) is 0 Å². The Hall–Kier alpha value is -3.15. The summed E-state index contributed by atoms with van der Waals surface area (Å²) in [5, 5.41) is 0. The van der Waals surface area contributed by atoms with E-state index in [9.17, 15) is 14.0 Å². The van der Waals surface area contributed by atoms with Crippen LogP contribution in [0.15, 0.2) is 54.7 Å². The van der Waals surface area contributed by atoms with Gasteiger partial charge in [0.25, 0.3) is 0 Å². The number of hydrogen-bond acceptors (Lipinski definition) is 4. The minimum atomic E-state index is -0.458. The number of carbonyl (C=O) groups is 2. The van der Waals surface area contributed by atoms with Crippen LogP contribution in [0.5, 0.6) is 11.5 Å². The number of allylic oxidation sites excluding steroid dienone is 1. The number of nitrogens with zero attached hydrogens (tertiary/aromatic N) is 1. The van der Waals surface area contributed by atoms with Crippen LogP contribution in [0.2, 0.25) is 0 Å². The minimum Gasteiger partial charge on any atom is -0.497 e. The van der Waals surface area contributed by atoms with Gasteiger partial charge in [0, 0.05) is 24.3 Å². The van der Waals surface area contributed by atoms with Crippen LogP contribution >= 0.6 is 0 Å². The number of ketones is 1. The third-order valence-electron chi connectivity index (χ3n) is 4.53. The molecule has 140 valence electrons. The number of amides is 1. The molecule has 0 bridgehead atoms. The van der Waals surface area contributed by atoms with Crippen molar-refractivity contribution in [1.29, 1.82) is 0 Å². The molecule has 0 aliphatic carbocycles. The van der Waals surface area contributed by atoms with E-state index >= 15 is 0 Å². The Morgan fingerprint density at radius 3 is 2.56 bits per heavy atom. The molecule has 1 unspecified atom stereocenters. The van der Waals surface area contributed by atoms with Gasteiger partial charge < -0.3 is 14.4 Å². The normalized spacial score (nSPS) is 16.3. The molecule has 27 heavy (non-hydrogen) atoms. The van der Waals surface area contributed by atoms with Crippen molar-refractivity contribution in [3.05, 3.63) is 71.7 Å². The Balaban J connectivity index is 1.86. The molecule has 0 spiro atoms. The predicted molar refractivity (Wildman–Crippen MR) is 98.0 cm³/mol. The second-order valence-corrected chi connectivity index (χ2v) is 6.21. The number of rotatable bonds is 5. The highest BCUT2D eigenvalue weighted by atomic mass is 19.1. The van der Waals surface area contributed by atoms with E-state index in [1.54, 1.807) is 37.4 Å². The lowest BCUT2D eigenvalue weighted by Crippen LogP contribution is -2.35. The Bertz CT molecular complexity index is 876. The summed E-state index contributed by atoms with van der Waals surface area (Å²) in [5.41, 5.74) is 1.43. The molecule has 1 aliphatic heterocycles. The molecule has 1 aliphatic rings. The molecule has 0 fully saturated rings. The first-order valence-electron chi connectivity index (χ1n) is 8.50. The monoisotopic (exact) mass is 369 g/mol. The lowest BCUT2D eigenvalue weighted by atomic mass is 9.96. The van der Waals surface area contributed by atoms with Crippen molar-refractivity contribution in [2.45, 2.75) is 18.9 Å². The summed E-state index contributed by atoms with van der Waals surface area (Å²) in [6.07, 6.45) is 3.15. The van der Waals surface area contributed by atoms with Crippen LogP contribution in [0.4, 0.5) is 4.39 Å². The summed E-state index contributed by atoms with van der Waals surface area (Å²) >= 11 is 0. The molecule has 0 saturated heterocycles. The molecule has 0 saturated carbocycles. The molecule has 0 aromatic heterocycles. The topological polar surface area (TPSA) is 55.8 Å². The van der Waals surface area contributed by atoms with Crippen molar-refractivity contribution in [2.24, 2.45) is 0 Å². The Labute approximate surface area is 157 Å². The van der Waals surface area contributed by atoms with E-state index < -0.39 is 6.04 Å². The standard InChI is InChI=1S/C21H20FNO4/c1-26-18-8-5-15(20(13-18)27-2)11-21(25)23-10-9-17(24)12-19(23)14-3-6-16(22)7-4-14/h3-10,13,19H,11-12H2,1-2H3. The summed E-state index contributed by atoms with van der Waals surface area (Å²) < 4.78 is 23.8. The molecule has 1 heterocycles. The molecule has 0 radical (unpaired) electrons. The fourth-order valence-corrected chi connectivity index (χ4v) is 3.10. The molecule has 0 N–H and O–H groups in total. The number of hydrogen-bond donors (Lipinski definition) is 0. The van der Waals surface area contributed by atoms with Gasteiger partial charge in [-0.25, -0.2) is 4.39 Å². The molecule has 3 rings (SSSR count). The van der Waals surface area contributed by atoms with Gasteiger partial charge in [-0.3, -0.25) is 9.59 Å². The third-order valence-corrected chi connectivity index (χ3v) is 4.53. The van der Waals surface area contributed by atoms with E-state index in [2.05, 4.69) is 0 Å². The van der Waals surface area contributed by atoms with E-state index in [-0.39, 0.29) is 30.3 Å². The maximum Gasteiger partial charge on any atom is 0.231 e. The molecule has 5 nitrogen and oxygen atoms in total. The van der Waals surface area contributed by atoms with Gasteiger partial charge in [0.15, 0.2) is 5.78 Å². The summed E-state index contributed by atoms with van der Waals surface area (Å²) in [7, 11) is 3.09. The molecule has 2 aromatic carbocycles. The number of benzene rings is 2. The Morgan fingerprint density at radius 2 is 1.89 bits per heavy atom. The smallest absolute Gasteiger partial charge is 0.231 e. The molecule has 2 aromatic rings. The second-order valence-electron chi connectivity index (χ2n) is 6.21. The van der Waals surface area contributed by atoms with Crippen LogP contribution in [-0.2, 0) is 16.0 Å². The second kappa shape index (κ2) is 8.03. The summed E-state index contributed by atoms with van der Waals surface area (Å²) in [5.74, 6) is 0.568. The summed E-state index contributed by atoms with van der Waals surface area (Å²) in [6.45, 7) is 0. The molecular formula is C21H20FNO4. The first-order valence-corrected chi connectivity index (χ1v) is 8.50. The highest BCUT2D eigenvalue weighted by Gasteiger charge is 2.29. The van der Waals surface area contributed by atoms with Crippen LogP contribution in [0.3, 0.4) is 0 Å². The molecular weight excluding hydrogens is 349 g/mol. The van der Waals surface area contributed by atoms with Gasteiger partial charge in [-0.2, -0.15) is 0 Å². The SMILES string of the molecule is COc1ccc(CC(=O)N2C=CC(=O)CC2c2ccc(F)cc2)c(OC)c1. The van der Waals surface area contributed by atoms with Crippen molar-refractivity contribution < 1.29 is 23.5 Å². The first kappa shape index (κ1) is 18.6. The van der Waals surface area contributed by atoms with Crippen LogP contribution < -0.4 is 9.47 Å². The number of ether oxygens (including phenoxy) is 2. The van der Waals surface area contributed by atoms with Crippen molar-refractivity contribution in [3.8, 4) is 11.5 Å². The number of halogens is 1. The first-order chi connectivity index (χ1) is 13.0. The molecule has 1 atom stereocenters. The van der Waals surface area contributed by atoms with E-state index in [4.69, 9.17) is 9.47 Å². The molecule has 1 amide bonds. The van der Waals surface area contributed by atoms with Crippen molar-refractivity contribution in [1.82, 2.24) is 4.90 Å². The average molecular weight is 369 g/mol. The zero-order valence-electron chi connectivity index (χ0n) is 15.1. The fraction of sp³-hybridized carbons (Fsp3) is 0.238. The van der Waals surface area contributed by atoms with Gasteiger partial charge in [0.05, 0.1) is 26.7 Å². The Morgan fingerprint density at radius 1 is 1.15 bits per heavy atom. The third kappa shape index (κ3) is 4.16. The van der Waals surface area contributed by atoms with E-state index in [0.717, 1.165) is 0 Å². The van der Waals surface area contributed by atoms with E-state index in [0.29, 0.717) is 22.6 Å². The minimum absolute atomic E-state index is 0.0737. The zero-order chi connectivity index (χ0) is 19.4. The van der Waals surface area contributed by atoms with Crippen LogP contribution in [0.1, 0.15) is 23.6 Å². The van der Waals surface area contributed by atoms with Crippen LogP contribution in [-0.4, -0.2) is 30.8 Å². The maximum atomic E-state index is 13.2. The van der Waals surface area contributed by atoms with Gasteiger partial charge in [-0.1, -0.05) is 18.2 Å². The van der Waals surface area contributed by atoms with E-state index in [1.165, 1.54) is 36.4 Å². The average Bonchev–Trinajstić information content (AvgIpc) is 2.68. The van der Waals surface area contributed by atoms with Crippen molar-refractivity contribution in [3.63, 3.8) is 0 Å². The molecule has 6 heteroatoms. The van der Waals surface area contributed by atoms with Gasteiger partial charge in [-0.05, 0) is 29.8 Å². The van der Waals surface area contributed by atoms with Gasteiger partial charge >= 0.3 is 0 Å². The summed E-state index contributed by atoms with van der Waals surface area (Å²) in [6, 6.07) is 10.6. The fourth-order valence-electron chi connectivity index (χ4n) is 3.10. The summed E-state index contributed by atoms with van der Waals surface area (Å²) in [4.78, 5) is 26.4. The van der Waals surface area contributed by atoms with Gasteiger partial charge in [0.1, 0.15) is 17.3 Å². The van der Waals surface area contributed by atoms with Crippen molar-refractivity contribution >= 4 is 11.7 Å². The largest absolute Gasteiger partial charge is 0.497 e. The lowest BCUT2D eigenvalue weighted by Gasteiger charge is -2.31. The van der Waals surface area contributed by atoms with E-state index in [1.807, 2.05) is 0 Å². The van der Waals surface area contributed by atoms with Gasteiger partial charge in [-0.15, -0.1) is 0 Å². The van der Waals surface area contributed by atoms with Crippen molar-refractivity contribution in [2.75, 3.05) is 14.2 Å². The van der Waals surface area contributed by atoms with Gasteiger partial charge in [0.2, 0.25) is 5.91 Å². The zero-order valence-corrected chi connectivity index (χ0v) is 15.1. The highest BCUT2D eigenvalue weighted by Crippen LogP contribution is 2.31. The quantitative estimate of drug-likeness (QED) is 0.810. The maximum absolute atomic E-state index is 13.2. The highest BCUT2D eigenvalue weighted by molar-refractivity contribution is 5.93. The number of methoxy groups -OCH3 is 2. The number of carbonyl (C=O) groups excluding carboxylic acids is 2. The van der Waals surface area contributed by atoms with Crippen LogP contribution in [0, 0.1) is 5.82 Å².